The third kappa shape index (κ3) is 3.41. The van der Waals surface area contributed by atoms with Gasteiger partial charge in [0, 0.05) is 37.8 Å². The van der Waals surface area contributed by atoms with Crippen molar-refractivity contribution in [2.24, 2.45) is 5.92 Å². The van der Waals surface area contributed by atoms with E-state index in [0.717, 1.165) is 25.2 Å². The van der Waals surface area contributed by atoms with Gasteiger partial charge in [0.15, 0.2) is 0 Å². The van der Waals surface area contributed by atoms with E-state index in [0.29, 0.717) is 13.0 Å². The summed E-state index contributed by atoms with van der Waals surface area (Å²) in [6, 6.07) is 6.51. The van der Waals surface area contributed by atoms with Crippen LogP contribution in [0.1, 0.15) is 19.8 Å². The van der Waals surface area contributed by atoms with Crippen LogP contribution in [0.4, 0.5) is 5.69 Å². The number of nitrogens with zero attached hydrogens (tertiary/aromatic N) is 2. The molecule has 0 radical (unpaired) electrons. The van der Waals surface area contributed by atoms with E-state index >= 15 is 0 Å². The highest BCUT2D eigenvalue weighted by molar-refractivity contribution is 7.89. The Kier molecular flexibility index (Phi) is 4.44. The quantitative estimate of drug-likeness (QED) is 0.891. The molecule has 6 nitrogen and oxygen atoms in total. The second-order valence-electron chi connectivity index (χ2n) is 6.57. The smallest absolute Gasteiger partial charge is 0.240 e. The Balaban J connectivity index is 1.74. The first kappa shape index (κ1) is 16.4. The fraction of sp³-hybridized carbons (Fsp3) is 0.562. The third-order valence-electron chi connectivity index (χ3n) is 4.63. The van der Waals surface area contributed by atoms with Crippen molar-refractivity contribution in [3.63, 3.8) is 0 Å². The fourth-order valence-electron chi connectivity index (χ4n) is 3.36. The first-order chi connectivity index (χ1) is 10.9. The van der Waals surface area contributed by atoms with Crippen LogP contribution in [0, 0.1) is 5.92 Å². The Hall–Kier alpha value is -1.44. The van der Waals surface area contributed by atoms with E-state index < -0.39 is 10.0 Å². The molecule has 1 amide bonds. The average molecular weight is 337 g/mol. The summed E-state index contributed by atoms with van der Waals surface area (Å²) < 4.78 is 27.9. The van der Waals surface area contributed by atoms with Gasteiger partial charge in [-0.15, -0.1) is 0 Å². The summed E-state index contributed by atoms with van der Waals surface area (Å²) in [6.45, 7) is 4.37. The molecule has 2 unspecified atom stereocenters. The summed E-state index contributed by atoms with van der Waals surface area (Å²) in [7, 11) is -1.54. The molecule has 2 aliphatic rings. The number of hydrogen-bond acceptors (Lipinski definition) is 4. The van der Waals surface area contributed by atoms with Crippen molar-refractivity contribution in [3.05, 3.63) is 24.3 Å². The number of carbonyl (C=O) groups excluding carboxylic acids is 1. The highest BCUT2D eigenvalue weighted by atomic mass is 32.2. The zero-order valence-corrected chi connectivity index (χ0v) is 14.3. The van der Waals surface area contributed by atoms with Gasteiger partial charge in [-0.25, -0.2) is 13.1 Å². The minimum Gasteiger partial charge on any atom is -0.312 e. The van der Waals surface area contributed by atoms with Crippen molar-refractivity contribution in [2.75, 3.05) is 31.6 Å². The molecule has 1 aromatic carbocycles. The lowest BCUT2D eigenvalue weighted by molar-refractivity contribution is -0.117. The van der Waals surface area contributed by atoms with E-state index in [1.807, 2.05) is 7.05 Å². The number of benzene rings is 1. The third-order valence-corrected chi connectivity index (χ3v) is 6.14. The first-order valence-corrected chi connectivity index (χ1v) is 9.46. The molecule has 2 heterocycles. The van der Waals surface area contributed by atoms with Gasteiger partial charge < -0.3 is 9.80 Å². The van der Waals surface area contributed by atoms with Crippen LogP contribution in [0.25, 0.3) is 0 Å². The number of anilines is 1. The molecule has 3 rings (SSSR count). The summed E-state index contributed by atoms with van der Waals surface area (Å²) in [6.07, 6.45) is 1.42. The van der Waals surface area contributed by atoms with Crippen LogP contribution in [0.5, 0.6) is 0 Å². The fourth-order valence-corrected chi connectivity index (χ4v) is 4.69. The number of likely N-dealkylation sites (tertiary alicyclic amines) is 1. The first-order valence-electron chi connectivity index (χ1n) is 7.98. The van der Waals surface area contributed by atoms with Gasteiger partial charge in [-0.3, -0.25) is 4.79 Å². The van der Waals surface area contributed by atoms with Gasteiger partial charge in [-0.05, 0) is 43.7 Å². The molecule has 1 N–H and O–H groups in total. The minimum absolute atomic E-state index is 0.0650. The summed E-state index contributed by atoms with van der Waals surface area (Å²) in [5.74, 6) is 0.387. The molecule has 2 fully saturated rings. The summed E-state index contributed by atoms with van der Waals surface area (Å²) in [5.41, 5.74) is 0.764. The molecular weight excluding hydrogens is 314 g/mol. The van der Waals surface area contributed by atoms with Gasteiger partial charge in [0.2, 0.25) is 15.9 Å². The summed E-state index contributed by atoms with van der Waals surface area (Å²) in [4.78, 5) is 15.8. The highest BCUT2D eigenvalue weighted by Gasteiger charge is 2.31. The molecule has 0 saturated carbocycles. The molecular formula is C16H23N3O3S. The normalized spacial score (nSPS) is 26.2. The van der Waals surface area contributed by atoms with Gasteiger partial charge in [-0.2, -0.15) is 0 Å². The molecule has 0 aliphatic carbocycles. The molecule has 0 aromatic heterocycles. The maximum atomic E-state index is 12.5. The van der Waals surface area contributed by atoms with E-state index in [9.17, 15) is 13.2 Å². The van der Waals surface area contributed by atoms with Crippen LogP contribution >= 0.6 is 0 Å². The number of sulfonamides is 1. The second kappa shape index (κ2) is 6.22. The Morgan fingerprint density at radius 3 is 2.39 bits per heavy atom. The maximum Gasteiger partial charge on any atom is 0.240 e. The predicted molar refractivity (Wildman–Crippen MR) is 88.8 cm³/mol. The second-order valence-corrected chi connectivity index (χ2v) is 8.28. The van der Waals surface area contributed by atoms with Gasteiger partial charge >= 0.3 is 0 Å². The Morgan fingerprint density at radius 2 is 1.87 bits per heavy atom. The lowest BCUT2D eigenvalue weighted by Crippen LogP contribution is -2.39. The Bertz CT molecular complexity index is 687. The van der Waals surface area contributed by atoms with Crippen molar-refractivity contribution < 1.29 is 13.2 Å². The number of hydrogen-bond donors (Lipinski definition) is 1. The van der Waals surface area contributed by atoms with Crippen LogP contribution in [0.3, 0.4) is 0 Å². The summed E-state index contributed by atoms with van der Waals surface area (Å²) in [5, 5.41) is 0. The molecule has 0 spiro atoms. The van der Waals surface area contributed by atoms with Crippen LogP contribution in [-0.2, 0) is 14.8 Å². The largest absolute Gasteiger partial charge is 0.312 e. The molecule has 7 heteroatoms. The summed E-state index contributed by atoms with van der Waals surface area (Å²) >= 11 is 0. The maximum absolute atomic E-state index is 12.5. The Morgan fingerprint density at radius 1 is 1.17 bits per heavy atom. The van der Waals surface area contributed by atoms with Crippen molar-refractivity contribution in [3.8, 4) is 0 Å². The molecule has 1 aromatic rings. The molecule has 2 aliphatic heterocycles. The minimum atomic E-state index is -3.53. The topological polar surface area (TPSA) is 69.7 Å². The lowest BCUT2D eigenvalue weighted by atomic mass is 10.1. The standard InChI is InChI=1S/C16H23N3O3S/c1-12-10-18(2)11-15(12)17-23(21,22)14-7-5-13(6-8-14)19-9-3-4-16(19)20/h5-8,12,15,17H,3-4,9-11H2,1-2H3. The van der Waals surface area contributed by atoms with E-state index in [-0.39, 0.29) is 22.8 Å². The SMILES string of the molecule is CC1CN(C)CC1NS(=O)(=O)c1ccc(N2CCCC2=O)cc1. The highest BCUT2D eigenvalue weighted by Crippen LogP contribution is 2.24. The van der Waals surface area contributed by atoms with Crippen molar-refractivity contribution in [2.45, 2.75) is 30.7 Å². The number of likely N-dealkylation sites (N-methyl/N-ethyl adjacent to an activating group) is 1. The molecule has 0 bridgehead atoms. The van der Waals surface area contributed by atoms with Gasteiger partial charge in [0.1, 0.15) is 0 Å². The van der Waals surface area contributed by atoms with E-state index in [1.54, 1.807) is 29.2 Å². The molecule has 126 valence electrons. The van der Waals surface area contributed by atoms with Gasteiger partial charge in [0.05, 0.1) is 4.90 Å². The number of amides is 1. The number of nitrogens with one attached hydrogen (secondary N) is 1. The van der Waals surface area contributed by atoms with Crippen molar-refractivity contribution in [1.82, 2.24) is 9.62 Å². The molecule has 23 heavy (non-hydrogen) atoms. The number of carbonyl (C=O) groups is 1. The van der Waals surface area contributed by atoms with E-state index in [4.69, 9.17) is 0 Å². The average Bonchev–Trinajstić information content (AvgIpc) is 3.04. The van der Waals surface area contributed by atoms with Crippen LogP contribution in [0.15, 0.2) is 29.2 Å². The molecule has 2 saturated heterocycles. The van der Waals surface area contributed by atoms with Crippen LogP contribution in [-0.4, -0.2) is 51.9 Å². The Labute approximate surface area is 137 Å². The van der Waals surface area contributed by atoms with Crippen molar-refractivity contribution >= 4 is 21.6 Å². The van der Waals surface area contributed by atoms with Crippen LogP contribution < -0.4 is 9.62 Å². The monoisotopic (exact) mass is 337 g/mol. The van der Waals surface area contributed by atoms with E-state index in [1.165, 1.54) is 0 Å². The van der Waals surface area contributed by atoms with E-state index in [2.05, 4.69) is 16.5 Å². The zero-order valence-electron chi connectivity index (χ0n) is 13.5. The van der Waals surface area contributed by atoms with Gasteiger partial charge in [0.25, 0.3) is 0 Å². The predicted octanol–water partition coefficient (Wildman–Crippen LogP) is 1.04. The van der Waals surface area contributed by atoms with Gasteiger partial charge in [-0.1, -0.05) is 6.92 Å². The molecule has 2 atom stereocenters. The van der Waals surface area contributed by atoms with Crippen molar-refractivity contribution in [1.29, 1.82) is 0 Å². The number of rotatable bonds is 4. The van der Waals surface area contributed by atoms with Crippen LogP contribution in [0.2, 0.25) is 0 Å². The zero-order chi connectivity index (χ0) is 16.6. The lowest BCUT2D eigenvalue weighted by Gasteiger charge is -2.18.